The Balaban J connectivity index is 2.37. The molecule has 13 heavy (non-hydrogen) atoms. The highest BCUT2D eigenvalue weighted by molar-refractivity contribution is 7.11. The van der Waals surface area contributed by atoms with Gasteiger partial charge in [-0.05, 0) is 40.0 Å². The lowest BCUT2D eigenvalue weighted by molar-refractivity contribution is 0.720. The molecule has 1 atom stereocenters. The number of hydrogen-bond acceptors (Lipinski definition) is 2. The number of aryl methyl sites for hydroxylation is 3. The van der Waals surface area contributed by atoms with Crippen LogP contribution in [0.1, 0.15) is 35.3 Å². The Hall–Kier alpha value is -0.0800. The molecule has 1 unspecified atom stereocenters. The first-order chi connectivity index (χ1) is 6.09. The third-order valence-electron chi connectivity index (χ3n) is 2.07. The van der Waals surface area contributed by atoms with E-state index in [-0.39, 0.29) is 0 Å². The maximum atomic E-state index is 5.86. The fraction of sp³-hybridized carbons (Fsp3) is 0.700. The van der Waals surface area contributed by atoms with Gasteiger partial charge in [0, 0.05) is 10.3 Å². The largest absolute Gasteiger partial charge is 0.246 e. The summed E-state index contributed by atoms with van der Waals surface area (Å²) in [7, 11) is 0. The molecule has 0 aliphatic rings. The minimum absolute atomic E-state index is 0.294. The number of halogens is 1. The minimum Gasteiger partial charge on any atom is -0.246 e. The lowest BCUT2D eigenvalue weighted by atomic mass is 10.2. The van der Waals surface area contributed by atoms with E-state index in [9.17, 15) is 0 Å². The zero-order valence-electron chi connectivity index (χ0n) is 8.43. The molecule has 0 amide bonds. The van der Waals surface area contributed by atoms with Crippen LogP contribution in [0.4, 0.5) is 0 Å². The van der Waals surface area contributed by atoms with Crippen molar-refractivity contribution in [3.05, 3.63) is 15.6 Å². The number of alkyl halides is 1. The predicted molar refractivity (Wildman–Crippen MR) is 59.8 cm³/mol. The number of nitrogens with zero attached hydrogens (tertiary/aromatic N) is 1. The van der Waals surface area contributed by atoms with Gasteiger partial charge in [0.25, 0.3) is 0 Å². The van der Waals surface area contributed by atoms with Crippen molar-refractivity contribution in [2.75, 3.05) is 0 Å². The van der Waals surface area contributed by atoms with E-state index in [1.807, 2.05) is 18.3 Å². The van der Waals surface area contributed by atoms with Crippen molar-refractivity contribution in [3.63, 3.8) is 0 Å². The van der Waals surface area contributed by atoms with Gasteiger partial charge >= 0.3 is 0 Å². The summed E-state index contributed by atoms with van der Waals surface area (Å²) >= 11 is 7.68. The van der Waals surface area contributed by atoms with Gasteiger partial charge in [0.1, 0.15) is 0 Å². The van der Waals surface area contributed by atoms with Crippen molar-refractivity contribution in [1.82, 2.24) is 4.98 Å². The summed E-state index contributed by atoms with van der Waals surface area (Å²) in [6.07, 6.45) is 3.31. The number of aromatic nitrogens is 1. The number of hydrogen-bond donors (Lipinski definition) is 0. The van der Waals surface area contributed by atoms with Gasteiger partial charge in [-0.15, -0.1) is 22.9 Å². The third-order valence-corrected chi connectivity index (χ3v) is 3.42. The third kappa shape index (κ3) is 3.65. The Bertz CT molecular complexity index is 248. The summed E-state index contributed by atoms with van der Waals surface area (Å²) < 4.78 is 0. The second kappa shape index (κ2) is 4.97. The fourth-order valence-electron chi connectivity index (χ4n) is 1.18. The molecule has 1 heterocycles. The fourth-order valence-corrected chi connectivity index (χ4v) is 2.31. The molecule has 1 rings (SSSR count). The summed E-state index contributed by atoms with van der Waals surface area (Å²) in [4.78, 5) is 5.82. The average Bonchev–Trinajstić information content (AvgIpc) is 2.30. The van der Waals surface area contributed by atoms with Crippen LogP contribution in [0.3, 0.4) is 0 Å². The molecule has 1 aromatic heterocycles. The van der Waals surface area contributed by atoms with Crippen molar-refractivity contribution in [3.8, 4) is 0 Å². The smallest absolute Gasteiger partial charge is 0.0930 e. The van der Waals surface area contributed by atoms with Gasteiger partial charge in [-0.1, -0.05) is 0 Å². The average molecular weight is 218 g/mol. The van der Waals surface area contributed by atoms with Gasteiger partial charge < -0.3 is 0 Å². The van der Waals surface area contributed by atoms with Crippen molar-refractivity contribution in [2.45, 2.75) is 45.4 Å². The number of thiazole rings is 1. The Kier molecular flexibility index (Phi) is 4.20. The predicted octanol–water partition coefficient (Wildman–Crippen LogP) is 3.71. The summed E-state index contributed by atoms with van der Waals surface area (Å²) in [5, 5.41) is 1.55. The van der Waals surface area contributed by atoms with Crippen LogP contribution in [-0.4, -0.2) is 10.4 Å². The van der Waals surface area contributed by atoms with E-state index in [0.29, 0.717) is 5.38 Å². The van der Waals surface area contributed by atoms with E-state index in [0.717, 1.165) is 19.3 Å². The molecule has 74 valence electrons. The first kappa shape index (κ1) is 11.0. The minimum atomic E-state index is 0.294. The van der Waals surface area contributed by atoms with Crippen LogP contribution in [0.5, 0.6) is 0 Å². The molecule has 1 aromatic rings. The Labute approximate surface area is 89.1 Å². The highest BCUT2D eigenvalue weighted by Gasteiger charge is 2.03. The first-order valence-electron chi connectivity index (χ1n) is 4.66. The second-order valence-corrected chi connectivity index (χ2v) is 5.45. The molecule has 3 heteroatoms. The summed E-state index contributed by atoms with van der Waals surface area (Å²) in [6.45, 7) is 6.24. The van der Waals surface area contributed by atoms with Gasteiger partial charge in [-0.25, -0.2) is 4.98 Å². The summed E-state index contributed by atoms with van der Waals surface area (Å²) in [6, 6.07) is 0. The molecule has 0 spiro atoms. The van der Waals surface area contributed by atoms with E-state index in [4.69, 9.17) is 11.6 Å². The molecule has 0 aliphatic heterocycles. The van der Waals surface area contributed by atoms with E-state index >= 15 is 0 Å². The molecule has 0 saturated carbocycles. The topological polar surface area (TPSA) is 12.9 Å². The van der Waals surface area contributed by atoms with Crippen molar-refractivity contribution in [2.24, 2.45) is 0 Å². The van der Waals surface area contributed by atoms with E-state index in [1.165, 1.54) is 15.6 Å². The lowest BCUT2D eigenvalue weighted by Gasteiger charge is -1.99. The van der Waals surface area contributed by atoms with Crippen molar-refractivity contribution in [1.29, 1.82) is 0 Å². The van der Waals surface area contributed by atoms with Gasteiger partial charge in [0.2, 0.25) is 0 Å². The molecule has 0 fully saturated rings. The first-order valence-corrected chi connectivity index (χ1v) is 5.92. The van der Waals surface area contributed by atoms with E-state index in [1.54, 1.807) is 0 Å². The maximum Gasteiger partial charge on any atom is 0.0930 e. The molecule has 0 bridgehead atoms. The Morgan fingerprint density at radius 2 is 2.15 bits per heavy atom. The molecule has 0 saturated heterocycles. The van der Waals surface area contributed by atoms with Crippen molar-refractivity contribution >= 4 is 22.9 Å². The Morgan fingerprint density at radius 1 is 1.46 bits per heavy atom. The van der Waals surface area contributed by atoms with Crippen LogP contribution < -0.4 is 0 Å². The SMILES string of the molecule is Cc1nc(CCCC(C)Cl)sc1C. The number of rotatable bonds is 4. The summed E-state index contributed by atoms with van der Waals surface area (Å²) in [5.74, 6) is 0. The molecule has 1 nitrogen and oxygen atoms in total. The van der Waals surface area contributed by atoms with Crippen LogP contribution in [0.15, 0.2) is 0 Å². The zero-order chi connectivity index (χ0) is 9.84. The maximum absolute atomic E-state index is 5.86. The molecule has 0 aliphatic carbocycles. The molecular formula is C10H16ClNS. The van der Waals surface area contributed by atoms with Crippen LogP contribution >= 0.6 is 22.9 Å². The van der Waals surface area contributed by atoms with Crippen LogP contribution in [0, 0.1) is 13.8 Å². The zero-order valence-corrected chi connectivity index (χ0v) is 10.0. The van der Waals surface area contributed by atoms with E-state index in [2.05, 4.69) is 18.8 Å². The summed E-state index contributed by atoms with van der Waals surface area (Å²) in [5.41, 5.74) is 1.18. The van der Waals surface area contributed by atoms with Crippen molar-refractivity contribution < 1.29 is 0 Å². The normalized spacial score (nSPS) is 13.2. The van der Waals surface area contributed by atoms with Crippen LogP contribution in [0.25, 0.3) is 0 Å². The van der Waals surface area contributed by atoms with Crippen LogP contribution in [-0.2, 0) is 6.42 Å². The van der Waals surface area contributed by atoms with Gasteiger partial charge in [0.15, 0.2) is 0 Å². The van der Waals surface area contributed by atoms with Gasteiger partial charge in [-0.3, -0.25) is 0 Å². The quantitative estimate of drug-likeness (QED) is 0.701. The van der Waals surface area contributed by atoms with Crippen LogP contribution in [0.2, 0.25) is 0 Å². The molecule has 0 aromatic carbocycles. The molecular weight excluding hydrogens is 202 g/mol. The van der Waals surface area contributed by atoms with E-state index < -0.39 is 0 Å². The lowest BCUT2D eigenvalue weighted by Crippen LogP contribution is -1.92. The second-order valence-electron chi connectivity index (χ2n) is 3.42. The molecule has 0 N–H and O–H groups in total. The monoisotopic (exact) mass is 217 g/mol. The Morgan fingerprint density at radius 3 is 2.62 bits per heavy atom. The standard InChI is InChI=1S/C10H16ClNS/c1-7(11)5-4-6-10-12-8(2)9(3)13-10/h7H,4-6H2,1-3H3. The van der Waals surface area contributed by atoms with Gasteiger partial charge in [0.05, 0.1) is 10.7 Å². The highest BCUT2D eigenvalue weighted by atomic mass is 35.5. The highest BCUT2D eigenvalue weighted by Crippen LogP contribution is 2.18. The molecule has 0 radical (unpaired) electrons. The van der Waals surface area contributed by atoms with Gasteiger partial charge in [-0.2, -0.15) is 0 Å².